The molecule has 5 heterocycles. The summed E-state index contributed by atoms with van der Waals surface area (Å²) >= 11 is 0. The predicted molar refractivity (Wildman–Crippen MR) is 116 cm³/mol. The monoisotopic (exact) mass is 390 g/mol. The van der Waals surface area contributed by atoms with Crippen LogP contribution in [0.3, 0.4) is 0 Å². The van der Waals surface area contributed by atoms with Gasteiger partial charge >= 0.3 is 0 Å². The second kappa shape index (κ2) is 7.76. The van der Waals surface area contributed by atoms with E-state index in [1.54, 1.807) is 0 Å². The Morgan fingerprint density at radius 2 is 2.07 bits per heavy atom. The summed E-state index contributed by atoms with van der Waals surface area (Å²) in [5.74, 6) is 1.27. The fourth-order valence-corrected chi connectivity index (χ4v) is 4.82. The zero-order valence-corrected chi connectivity index (χ0v) is 17.4. The van der Waals surface area contributed by atoms with Crippen LogP contribution in [-0.4, -0.2) is 63.4 Å². The minimum absolute atomic E-state index is 0.246. The fraction of sp³-hybridized carbons (Fsp3) is 0.478. The van der Waals surface area contributed by atoms with E-state index in [1.807, 2.05) is 18.3 Å². The highest BCUT2D eigenvalue weighted by atomic mass is 15.3. The van der Waals surface area contributed by atoms with Crippen LogP contribution in [0.5, 0.6) is 0 Å². The molecule has 29 heavy (non-hydrogen) atoms. The lowest BCUT2D eigenvalue weighted by molar-refractivity contribution is 0.230. The molecule has 6 heteroatoms. The van der Waals surface area contributed by atoms with Crippen molar-refractivity contribution < 1.29 is 0 Å². The molecule has 2 saturated heterocycles. The van der Waals surface area contributed by atoms with E-state index in [-0.39, 0.29) is 6.04 Å². The summed E-state index contributed by atoms with van der Waals surface area (Å²) in [5, 5.41) is 0. The first-order valence-electron chi connectivity index (χ1n) is 10.8. The predicted octanol–water partition coefficient (Wildman–Crippen LogP) is 3.21. The van der Waals surface area contributed by atoms with E-state index in [0.717, 1.165) is 36.7 Å². The van der Waals surface area contributed by atoms with Crippen LogP contribution in [0.15, 0.2) is 48.8 Å². The summed E-state index contributed by atoms with van der Waals surface area (Å²) < 4.78 is 2.28. The van der Waals surface area contributed by atoms with Crippen molar-refractivity contribution in [3.05, 3.63) is 60.2 Å². The summed E-state index contributed by atoms with van der Waals surface area (Å²) in [6.07, 6.45) is 6.75. The molecule has 3 aromatic heterocycles. The average Bonchev–Trinajstić information content (AvgIpc) is 3.39. The normalized spacial score (nSPS) is 21.1. The molecule has 152 valence electrons. The summed E-state index contributed by atoms with van der Waals surface area (Å²) in [6.45, 7) is 7.68. The Kier molecular flexibility index (Phi) is 4.97. The minimum Gasteiger partial charge on any atom is -0.355 e. The largest absolute Gasteiger partial charge is 0.355 e. The van der Waals surface area contributed by atoms with E-state index in [0.29, 0.717) is 6.04 Å². The Balaban J connectivity index is 1.36. The zero-order chi connectivity index (χ0) is 19.8. The molecular formula is C23H30N6. The standard InChI is InChI=1S/C23H30N6/c1-18(21-8-3-4-11-24-21)26(2)15-19-16-29-22(25-19)9-5-10-23(29)28-14-13-27-12-6-7-20(27)17-28/h3-5,8-11,16,18,20H,6-7,12-15,17H2,1-2H3/t18-,20-/m0/s1. The number of aromatic nitrogens is 3. The van der Waals surface area contributed by atoms with Gasteiger partial charge in [-0.2, -0.15) is 0 Å². The smallest absolute Gasteiger partial charge is 0.138 e. The van der Waals surface area contributed by atoms with Gasteiger partial charge in [0.15, 0.2) is 0 Å². The molecule has 2 aliphatic heterocycles. The molecule has 0 aliphatic carbocycles. The van der Waals surface area contributed by atoms with Crippen LogP contribution in [0.1, 0.15) is 37.2 Å². The number of anilines is 1. The SMILES string of the molecule is C[C@@H](c1ccccn1)N(C)Cc1cn2c(N3CCN4CCC[C@H]4C3)cccc2n1. The van der Waals surface area contributed by atoms with Crippen LogP contribution in [0.4, 0.5) is 5.82 Å². The van der Waals surface area contributed by atoms with Gasteiger partial charge in [0, 0.05) is 50.7 Å². The van der Waals surface area contributed by atoms with E-state index in [1.165, 1.54) is 31.7 Å². The summed E-state index contributed by atoms with van der Waals surface area (Å²) in [6, 6.07) is 13.6. The maximum absolute atomic E-state index is 4.91. The number of hydrogen-bond donors (Lipinski definition) is 0. The molecule has 2 aliphatic rings. The van der Waals surface area contributed by atoms with E-state index in [2.05, 4.69) is 68.5 Å². The molecule has 0 N–H and O–H groups in total. The summed E-state index contributed by atoms with van der Waals surface area (Å²) in [5.41, 5.74) is 3.22. The number of pyridine rings is 2. The number of imidazole rings is 1. The van der Waals surface area contributed by atoms with E-state index >= 15 is 0 Å². The van der Waals surface area contributed by atoms with E-state index < -0.39 is 0 Å². The summed E-state index contributed by atoms with van der Waals surface area (Å²) in [4.78, 5) is 16.9. The number of piperazine rings is 1. The van der Waals surface area contributed by atoms with Gasteiger partial charge in [-0.1, -0.05) is 12.1 Å². The second-order valence-corrected chi connectivity index (χ2v) is 8.47. The number of rotatable bonds is 5. The van der Waals surface area contributed by atoms with Crippen LogP contribution in [0.2, 0.25) is 0 Å². The van der Waals surface area contributed by atoms with Crippen molar-refractivity contribution in [1.29, 1.82) is 0 Å². The number of fused-ring (bicyclic) bond motifs is 2. The van der Waals surface area contributed by atoms with Gasteiger partial charge in [-0.05, 0) is 57.6 Å². The third-order valence-corrected chi connectivity index (χ3v) is 6.62. The van der Waals surface area contributed by atoms with Crippen LogP contribution in [0.25, 0.3) is 5.65 Å². The van der Waals surface area contributed by atoms with Gasteiger partial charge in [-0.15, -0.1) is 0 Å². The highest BCUT2D eigenvalue weighted by Gasteiger charge is 2.31. The van der Waals surface area contributed by atoms with E-state index in [4.69, 9.17) is 4.98 Å². The lowest BCUT2D eigenvalue weighted by Crippen LogP contribution is -2.50. The molecule has 0 saturated carbocycles. The molecule has 2 fully saturated rings. The maximum Gasteiger partial charge on any atom is 0.138 e. The van der Waals surface area contributed by atoms with Crippen LogP contribution >= 0.6 is 0 Å². The van der Waals surface area contributed by atoms with E-state index in [9.17, 15) is 0 Å². The van der Waals surface area contributed by atoms with Crippen molar-refractivity contribution in [1.82, 2.24) is 24.2 Å². The molecule has 3 aromatic rings. The number of nitrogens with zero attached hydrogens (tertiary/aromatic N) is 6. The fourth-order valence-electron chi connectivity index (χ4n) is 4.82. The first-order chi connectivity index (χ1) is 14.2. The van der Waals surface area contributed by atoms with Crippen molar-refractivity contribution in [3.8, 4) is 0 Å². The van der Waals surface area contributed by atoms with Gasteiger partial charge in [0.05, 0.1) is 11.4 Å². The van der Waals surface area contributed by atoms with Gasteiger partial charge < -0.3 is 4.90 Å². The number of hydrogen-bond acceptors (Lipinski definition) is 5. The Hall–Kier alpha value is -2.44. The topological polar surface area (TPSA) is 39.9 Å². The average molecular weight is 391 g/mol. The Morgan fingerprint density at radius 1 is 1.14 bits per heavy atom. The lowest BCUT2D eigenvalue weighted by Gasteiger charge is -2.38. The first kappa shape index (κ1) is 18.6. The van der Waals surface area contributed by atoms with Gasteiger partial charge in [0.1, 0.15) is 11.5 Å². The highest BCUT2D eigenvalue weighted by molar-refractivity contribution is 5.53. The van der Waals surface area contributed by atoms with Crippen molar-refractivity contribution in [2.75, 3.05) is 38.1 Å². The molecule has 0 radical (unpaired) electrons. The minimum atomic E-state index is 0.246. The molecule has 0 spiro atoms. The molecule has 6 nitrogen and oxygen atoms in total. The molecule has 0 aromatic carbocycles. The maximum atomic E-state index is 4.91. The zero-order valence-electron chi connectivity index (χ0n) is 17.4. The van der Waals surface area contributed by atoms with Crippen molar-refractivity contribution in [2.45, 2.75) is 38.4 Å². The third-order valence-electron chi connectivity index (χ3n) is 6.62. The summed E-state index contributed by atoms with van der Waals surface area (Å²) in [7, 11) is 2.14. The van der Waals surface area contributed by atoms with Gasteiger partial charge in [-0.3, -0.25) is 19.2 Å². The third kappa shape index (κ3) is 3.63. The van der Waals surface area contributed by atoms with Gasteiger partial charge in [0.2, 0.25) is 0 Å². The van der Waals surface area contributed by atoms with Crippen molar-refractivity contribution >= 4 is 11.5 Å². The van der Waals surface area contributed by atoms with Crippen LogP contribution in [0, 0.1) is 0 Å². The highest BCUT2D eigenvalue weighted by Crippen LogP contribution is 2.27. The Morgan fingerprint density at radius 3 is 2.93 bits per heavy atom. The van der Waals surface area contributed by atoms with Gasteiger partial charge in [0.25, 0.3) is 0 Å². The molecule has 0 amide bonds. The Labute approximate surface area is 172 Å². The van der Waals surface area contributed by atoms with Crippen molar-refractivity contribution in [3.63, 3.8) is 0 Å². The molecule has 5 rings (SSSR count). The lowest BCUT2D eigenvalue weighted by atomic mass is 10.1. The van der Waals surface area contributed by atoms with Crippen LogP contribution in [-0.2, 0) is 6.54 Å². The molecule has 0 bridgehead atoms. The van der Waals surface area contributed by atoms with Crippen molar-refractivity contribution in [2.24, 2.45) is 0 Å². The molecule has 2 atom stereocenters. The Bertz CT molecular complexity index is 968. The second-order valence-electron chi connectivity index (χ2n) is 8.47. The molecular weight excluding hydrogens is 360 g/mol. The first-order valence-corrected chi connectivity index (χ1v) is 10.8. The van der Waals surface area contributed by atoms with Gasteiger partial charge in [-0.25, -0.2) is 4.98 Å². The quantitative estimate of drug-likeness (QED) is 0.669. The molecule has 0 unspecified atom stereocenters. The van der Waals surface area contributed by atoms with Crippen LogP contribution < -0.4 is 4.90 Å².